The van der Waals surface area contributed by atoms with E-state index in [2.05, 4.69) is 72.8 Å². The predicted molar refractivity (Wildman–Crippen MR) is 121 cm³/mol. The smallest absolute Gasteiger partial charge is 0.0783 e. The number of hydrogen-bond acceptors (Lipinski definition) is 2. The molecule has 0 aliphatic rings. The first-order valence-corrected chi connectivity index (χ1v) is 9.89. The zero-order valence-corrected chi connectivity index (χ0v) is 15.8. The molecule has 6 aromatic rings. The minimum atomic E-state index is 0.847. The molecule has 0 saturated heterocycles. The van der Waals surface area contributed by atoms with Crippen LogP contribution in [0.5, 0.6) is 0 Å². The molecular weight excluding hydrogens is 352 g/mol. The summed E-state index contributed by atoms with van der Waals surface area (Å²) in [7, 11) is 0. The first-order chi connectivity index (χ1) is 14.4. The van der Waals surface area contributed by atoms with E-state index in [9.17, 15) is 0 Å². The summed E-state index contributed by atoms with van der Waals surface area (Å²) in [6.45, 7) is 0. The van der Waals surface area contributed by atoms with Crippen LogP contribution in [0.15, 0.2) is 97.3 Å². The van der Waals surface area contributed by atoms with Crippen LogP contribution < -0.4 is 0 Å². The summed E-state index contributed by atoms with van der Waals surface area (Å²) in [6.07, 6.45) is 4.61. The Bertz CT molecular complexity index is 1420. The molecule has 4 aromatic carbocycles. The maximum absolute atomic E-state index is 4.71. The van der Waals surface area contributed by atoms with Crippen LogP contribution in [-0.2, 0) is 6.42 Å². The molecule has 2 heteroatoms. The third-order valence-electron chi connectivity index (χ3n) is 5.78. The molecule has 2 aromatic heterocycles. The van der Waals surface area contributed by atoms with E-state index in [-0.39, 0.29) is 0 Å². The summed E-state index contributed by atoms with van der Waals surface area (Å²) in [5, 5.41) is 7.32. The average molecular weight is 370 g/mol. The van der Waals surface area contributed by atoms with Crippen LogP contribution in [0, 0.1) is 0 Å². The predicted octanol–water partition coefficient (Wildman–Crippen LogP) is 6.68. The molecule has 0 aliphatic carbocycles. The van der Waals surface area contributed by atoms with Gasteiger partial charge in [-0.05, 0) is 40.5 Å². The van der Waals surface area contributed by atoms with Gasteiger partial charge in [0, 0.05) is 33.9 Å². The van der Waals surface area contributed by atoms with Gasteiger partial charge in [0.15, 0.2) is 0 Å². The summed E-state index contributed by atoms with van der Waals surface area (Å²) >= 11 is 0. The van der Waals surface area contributed by atoms with Gasteiger partial charge in [-0.15, -0.1) is 0 Å². The largest absolute Gasteiger partial charge is 0.256 e. The van der Waals surface area contributed by atoms with E-state index in [4.69, 9.17) is 9.97 Å². The quantitative estimate of drug-likeness (QED) is 0.318. The van der Waals surface area contributed by atoms with Crippen LogP contribution >= 0.6 is 0 Å². The highest BCUT2D eigenvalue weighted by Crippen LogP contribution is 2.32. The molecule has 0 atom stereocenters. The lowest BCUT2D eigenvalue weighted by molar-refractivity contribution is 1.24. The van der Waals surface area contributed by atoms with Crippen molar-refractivity contribution in [3.63, 3.8) is 0 Å². The van der Waals surface area contributed by atoms with Crippen molar-refractivity contribution in [2.24, 2.45) is 0 Å². The number of nitrogens with zero attached hydrogens (tertiary/aromatic N) is 2. The van der Waals surface area contributed by atoms with Gasteiger partial charge in [0.1, 0.15) is 0 Å². The second kappa shape index (κ2) is 6.39. The Kier molecular flexibility index (Phi) is 3.57. The SMILES string of the molecule is c1cnc2c(c1)ccc1cccc(Cc3cccc4ccc5cccnc5c34)c12. The third kappa shape index (κ3) is 2.57. The summed E-state index contributed by atoms with van der Waals surface area (Å²) in [5.74, 6) is 0. The van der Waals surface area contributed by atoms with Crippen LogP contribution in [0.4, 0.5) is 0 Å². The fraction of sp³-hybridized carbons (Fsp3) is 0.0370. The minimum absolute atomic E-state index is 0.847. The number of fused-ring (bicyclic) bond motifs is 6. The number of pyridine rings is 2. The fourth-order valence-electron chi connectivity index (χ4n) is 4.48. The third-order valence-corrected chi connectivity index (χ3v) is 5.78. The Morgan fingerprint density at radius 3 is 1.41 bits per heavy atom. The van der Waals surface area contributed by atoms with Crippen LogP contribution in [0.3, 0.4) is 0 Å². The number of benzene rings is 4. The molecule has 0 bridgehead atoms. The summed E-state index contributed by atoms with van der Waals surface area (Å²) < 4.78 is 0. The number of aromatic nitrogens is 2. The van der Waals surface area contributed by atoms with E-state index in [0.29, 0.717) is 0 Å². The van der Waals surface area contributed by atoms with Gasteiger partial charge in [0.2, 0.25) is 0 Å². The maximum atomic E-state index is 4.71. The zero-order valence-electron chi connectivity index (χ0n) is 15.8. The van der Waals surface area contributed by atoms with E-state index in [1.807, 2.05) is 24.5 Å². The second-order valence-electron chi connectivity index (χ2n) is 7.49. The zero-order chi connectivity index (χ0) is 19.2. The summed E-state index contributed by atoms with van der Waals surface area (Å²) in [4.78, 5) is 9.42. The topological polar surface area (TPSA) is 25.8 Å². The molecule has 0 aliphatic heterocycles. The first-order valence-electron chi connectivity index (χ1n) is 9.89. The van der Waals surface area contributed by atoms with Crippen molar-refractivity contribution >= 4 is 43.4 Å². The van der Waals surface area contributed by atoms with Gasteiger partial charge in [0.05, 0.1) is 11.0 Å². The second-order valence-corrected chi connectivity index (χ2v) is 7.49. The standard InChI is InChI=1S/C27H18N2/c1-5-18-11-13-20-9-3-15-28-26(20)24(18)22(7-1)17-23-8-2-6-19-12-14-21-10-4-16-29-27(21)25(19)23/h1-16H,17H2. The van der Waals surface area contributed by atoms with Gasteiger partial charge in [-0.25, -0.2) is 0 Å². The van der Waals surface area contributed by atoms with Crippen LogP contribution in [0.25, 0.3) is 43.4 Å². The molecule has 0 amide bonds. The molecule has 6 rings (SSSR count). The van der Waals surface area contributed by atoms with Gasteiger partial charge in [-0.3, -0.25) is 9.97 Å². The lowest BCUT2D eigenvalue weighted by atomic mass is 9.93. The van der Waals surface area contributed by atoms with Crippen molar-refractivity contribution < 1.29 is 0 Å². The monoisotopic (exact) mass is 370 g/mol. The van der Waals surface area contributed by atoms with E-state index in [0.717, 1.165) is 17.5 Å². The van der Waals surface area contributed by atoms with Crippen LogP contribution in [-0.4, -0.2) is 9.97 Å². The molecule has 0 fully saturated rings. The lowest BCUT2D eigenvalue weighted by Gasteiger charge is -2.12. The molecule has 2 nitrogen and oxygen atoms in total. The first kappa shape index (κ1) is 16.2. The molecule has 0 radical (unpaired) electrons. The van der Waals surface area contributed by atoms with Gasteiger partial charge in [-0.1, -0.05) is 72.8 Å². The average Bonchev–Trinajstić information content (AvgIpc) is 2.79. The molecule has 2 heterocycles. The van der Waals surface area contributed by atoms with Crippen molar-refractivity contribution in [2.75, 3.05) is 0 Å². The number of rotatable bonds is 2. The fourth-order valence-corrected chi connectivity index (χ4v) is 4.48. The Balaban J connectivity index is 1.64. The van der Waals surface area contributed by atoms with Crippen molar-refractivity contribution in [1.82, 2.24) is 9.97 Å². The molecular formula is C27H18N2. The molecule has 29 heavy (non-hydrogen) atoms. The minimum Gasteiger partial charge on any atom is -0.256 e. The molecule has 0 spiro atoms. The number of hydrogen-bond donors (Lipinski definition) is 0. The van der Waals surface area contributed by atoms with Gasteiger partial charge < -0.3 is 0 Å². The molecule has 0 saturated carbocycles. The Morgan fingerprint density at radius 2 is 0.897 bits per heavy atom. The molecule has 0 N–H and O–H groups in total. The van der Waals surface area contributed by atoms with E-state index in [1.165, 1.54) is 43.4 Å². The highest BCUT2D eigenvalue weighted by molar-refractivity contribution is 6.09. The van der Waals surface area contributed by atoms with Crippen LogP contribution in [0.1, 0.15) is 11.1 Å². The highest BCUT2D eigenvalue weighted by atomic mass is 14.7. The summed E-state index contributed by atoms with van der Waals surface area (Å²) in [6, 6.07) is 30.1. The Morgan fingerprint density at radius 1 is 0.448 bits per heavy atom. The highest BCUT2D eigenvalue weighted by Gasteiger charge is 2.11. The van der Waals surface area contributed by atoms with Gasteiger partial charge in [-0.2, -0.15) is 0 Å². The lowest BCUT2D eigenvalue weighted by Crippen LogP contribution is -1.94. The van der Waals surface area contributed by atoms with Crippen molar-refractivity contribution in [1.29, 1.82) is 0 Å². The van der Waals surface area contributed by atoms with Gasteiger partial charge >= 0.3 is 0 Å². The molecule has 136 valence electrons. The van der Waals surface area contributed by atoms with Gasteiger partial charge in [0.25, 0.3) is 0 Å². The normalized spacial score (nSPS) is 11.6. The summed E-state index contributed by atoms with van der Waals surface area (Å²) in [5.41, 5.74) is 4.74. The molecule has 0 unspecified atom stereocenters. The van der Waals surface area contributed by atoms with E-state index < -0.39 is 0 Å². The maximum Gasteiger partial charge on any atom is 0.0783 e. The Hall–Kier alpha value is -3.78. The van der Waals surface area contributed by atoms with E-state index in [1.54, 1.807) is 0 Å². The Labute approximate surface area is 168 Å². The van der Waals surface area contributed by atoms with Crippen molar-refractivity contribution in [2.45, 2.75) is 6.42 Å². The van der Waals surface area contributed by atoms with Crippen LogP contribution in [0.2, 0.25) is 0 Å². The van der Waals surface area contributed by atoms with E-state index >= 15 is 0 Å². The van der Waals surface area contributed by atoms with Crippen molar-refractivity contribution in [3.8, 4) is 0 Å². The van der Waals surface area contributed by atoms with Crippen molar-refractivity contribution in [3.05, 3.63) is 108 Å².